The zero-order valence-electron chi connectivity index (χ0n) is 9.49. The third-order valence-electron chi connectivity index (χ3n) is 2.25. The molecule has 0 aliphatic carbocycles. The molecule has 0 fully saturated rings. The van der Waals surface area contributed by atoms with Gasteiger partial charge in [-0.25, -0.2) is 0 Å². The molecule has 0 bridgehead atoms. The lowest BCUT2D eigenvalue weighted by atomic mass is 10.2. The van der Waals surface area contributed by atoms with E-state index in [0.29, 0.717) is 6.54 Å². The van der Waals surface area contributed by atoms with Crippen LogP contribution in [0, 0.1) is 0 Å². The first-order valence-electron chi connectivity index (χ1n) is 5.36. The fourth-order valence-electron chi connectivity index (χ4n) is 1.32. The molecule has 1 heterocycles. The first-order chi connectivity index (χ1) is 7.95. The van der Waals surface area contributed by atoms with Crippen molar-refractivity contribution in [1.82, 2.24) is 10.3 Å². The van der Waals surface area contributed by atoms with Gasteiger partial charge in [0.25, 0.3) is 5.91 Å². The van der Waals surface area contributed by atoms with Crippen LogP contribution in [0.25, 0.3) is 0 Å². The lowest BCUT2D eigenvalue weighted by molar-refractivity contribution is 0.0948. The topological polar surface area (TPSA) is 79.0 Å². The van der Waals surface area contributed by atoms with Crippen molar-refractivity contribution in [2.24, 2.45) is 0 Å². The van der Waals surface area contributed by atoms with E-state index in [1.165, 1.54) is 0 Å². The molecule has 2 N–H and O–H groups in total. The van der Waals surface area contributed by atoms with E-state index in [1.54, 1.807) is 0 Å². The molecule has 17 heavy (non-hydrogen) atoms. The minimum absolute atomic E-state index is 0.0396. The average Bonchev–Trinajstić information content (AvgIpc) is 2.72. The summed E-state index contributed by atoms with van der Waals surface area (Å²) in [4.78, 5) is 13.4. The molecule has 0 aliphatic heterocycles. The van der Waals surface area contributed by atoms with Crippen LogP contribution >= 0.6 is 0 Å². The van der Waals surface area contributed by atoms with E-state index in [0.717, 1.165) is 31.5 Å². The summed E-state index contributed by atoms with van der Waals surface area (Å²) in [6, 6.07) is 0.977. The van der Waals surface area contributed by atoms with Crippen LogP contribution in [-0.2, 0) is 10.2 Å². The van der Waals surface area contributed by atoms with Gasteiger partial charge in [-0.05, 0) is 12.5 Å². The lowest BCUT2D eigenvalue weighted by Gasteiger charge is -2.02. The molecule has 0 saturated carbocycles. The minimum Gasteiger partial charge on any atom is -0.356 e. The number of halogens is 1. The number of carbonyl (C=O) groups excluding carboxylic acids is 1. The normalized spacial score (nSPS) is 11.4. The summed E-state index contributed by atoms with van der Waals surface area (Å²) in [6.45, 7) is 2.56. The number of aromatic nitrogens is 1. The summed E-state index contributed by atoms with van der Waals surface area (Å²) in [6.07, 6.45) is 3.87. The van der Waals surface area contributed by atoms with E-state index >= 15 is 0 Å². The van der Waals surface area contributed by atoms with E-state index in [4.69, 9.17) is 0 Å². The van der Waals surface area contributed by atoms with E-state index in [9.17, 15) is 17.1 Å². The second-order valence-corrected chi connectivity index (χ2v) is 5.00. The highest BCUT2D eigenvalue weighted by Crippen LogP contribution is 2.13. The predicted molar refractivity (Wildman–Crippen MR) is 60.9 cm³/mol. The number of hydrogen-bond donors (Lipinski definition) is 2. The number of carbonyl (C=O) groups is 1. The standard InChI is InChI=1S/C10H15FN2O3S/c1-2-3-4-5-12-10(14)9-6-8(7-13-9)17(11,15)16/h6-7,13H,2-5H2,1H3,(H,12,14). The molecule has 7 heteroatoms. The quantitative estimate of drug-likeness (QED) is 0.603. The Labute approximate surface area is 99.6 Å². The van der Waals surface area contributed by atoms with E-state index in [2.05, 4.69) is 10.3 Å². The lowest BCUT2D eigenvalue weighted by Crippen LogP contribution is -2.24. The molecule has 96 valence electrons. The Morgan fingerprint density at radius 1 is 1.47 bits per heavy atom. The SMILES string of the molecule is CCCCCNC(=O)c1cc(S(=O)(=O)F)c[nH]1. The van der Waals surface area contributed by atoms with Gasteiger partial charge in [0.2, 0.25) is 0 Å². The van der Waals surface area contributed by atoms with E-state index < -0.39 is 21.0 Å². The van der Waals surface area contributed by atoms with Crippen molar-refractivity contribution in [3.8, 4) is 0 Å². The second kappa shape index (κ2) is 5.81. The zero-order valence-corrected chi connectivity index (χ0v) is 10.3. The largest absolute Gasteiger partial charge is 0.356 e. The summed E-state index contributed by atoms with van der Waals surface area (Å²) in [7, 11) is -4.76. The molecular weight excluding hydrogens is 247 g/mol. The zero-order chi connectivity index (χ0) is 12.9. The second-order valence-electron chi connectivity index (χ2n) is 3.65. The monoisotopic (exact) mass is 262 g/mol. The van der Waals surface area contributed by atoms with Gasteiger partial charge in [-0.3, -0.25) is 4.79 Å². The van der Waals surface area contributed by atoms with Gasteiger partial charge in [-0.15, -0.1) is 3.89 Å². The van der Waals surface area contributed by atoms with Crippen LogP contribution in [0.3, 0.4) is 0 Å². The maximum atomic E-state index is 12.6. The van der Waals surface area contributed by atoms with Gasteiger partial charge >= 0.3 is 10.2 Å². The number of unbranched alkanes of at least 4 members (excludes halogenated alkanes) is 2. The number of aromatic amines is 1. The van der Waals surface area contributed by atoms with Gasteiger partial charge in [0.05, 0.1) is 0 Å². The number of amides is 1. The number of nitrogens with one attached hydrogen (secondary N) is 2. The molecule has 0 aliphatic rings. The molecule has 0 spiro atoms. The van der Waals surface area contributed by atoms with E-state index in [1.807, 2.05) is 6.92 Å². The van der Waals surface area contributed by atoms with Gasteiger partial charge < -0.3 is 10.3 Å². The van der Waals surface area contributed by atoms with Crippen LogP contribution in [0.4, 0.5) is 3.89 Å². The number of hydrogen-bond acceptors (Lipinski definition) is 3. The van der Waals surface area contributed by atoms with Gasteiger partial charge in [-0.1, -0.05) is 19.8 Å². The molecule has 1 aromatic rings. The van der Waals surface area contributed by atoms with Crippen LogP contribution in [0.1, 0.15) is 36.7 Å². The minimum atomic E-state index is -4.76. The third kappa shape index (κ3) is 4.18. The molecule has 0 unspecified atom stereocenters. The highest BCUT2D eigenvalue weighted by molar-refractivity contribution is 7.86. The fraction of sp³-hybridized carbons (Fsp3) is 0.500. The van der Waals surface area contributed by atoms with Crippen LogP contribution < -0.4 is 5.32 Å². The van der Waals surface area contributed by atoms with Gasteiger partial charge in [0.1, 0.15) is 10.6 Å². The van der Waals surface area contributed by atoms with Crippen LogP contribution in [0.2, 0.25) is 0 Å². The number of rotatable bonds is 6. The van der Waals surface area contributed by atoms with Crippen molar-refractivity contribution in [1.29, 1.82) is 0 Å². The summed E-state index contributed by atoms with van der Waals surface area (Å²) in [5.41, 5.74) is 0.0396. The summed E-state index contributed by atoms with van der Waals surface area (Å²) >= 11 is 0. The molecular formula is C10H15FN2O3S. The Morgan fingerprint density at radius 3 is 2.71 bits per heavy atom. The Balaban J connectivity index is 2.56. The maximum absolute atomic E-state index is 12.6. The van der Waals surface area contributed by atoms with Gasteiger partial charge in [0, 0.05) is 12.7 Å². The average molecular weight is 262 g/mol. The van der Waals surface area contributed by atoms with E-state index in [-0.39, 0.29) is 5.69 Å². The molecule has 0 saturated heterocycles. The van der Waals surface area contributed by atoms with Crippen LogP contribution in [-0.4, -0.2) is 25.9 Å². The van der Waals surface area contributed by atoms with Crippen molar-refractivity contribution in [3.05, 3.63) is 18.0 Å². The summed E-state index contributed by atoms with van der Waals surface area (Å²) < 4.78 is 33.7. The highest BCUT2D eigenvalue weighted by Gasteiger charge is 2.16. The van der Waals surface area contributed by atoms with Gasteiger partial charge in [0.15, 0.2) is 0 Å². The Kier molecular flexibility index (Phi) is 4.68. The maximum Gasteiger partial charge on any atom is 0.333 e. The Hall–Kier alpha value is -1.37. The number of H-pyrrole nitrogens is 1. The van der Waals surface area contributed by atoms with Crippen molar-refractivity contribution < 1.29 is 17.1 Å². The predicted octanol–water partition coefficient (Wildman–Crippen LogP) is 1.59. The van der Waals surface area contributed by atoms with Crippen LogP contribution in [0.5, 0.6) is 0 Å². The molecule has 1 amide bonds. The van der Waals surface area contributed by atoms with Crippen molar-refractivity contribution in [2.75, 3.05) is 6.54 Å². The molecule has 1 aromatic heterocycles. The van der Waals surface area contributed by atoms with Gasteiger partial charge in [-0.2, -0.15) is 8.42 Å². The Morgan fingerprint density at radius 2 is 2.18 bits per heavy atom. The first kappa shape index (κ1) is 13.7. The molecule has 0 radical (unpaired) electrons. The highest BCUT2D eigenvalue weighted by atomic mass is 32.3. The van der Waals surface area contributed by atoms with Crippen molar-refractivity contribution >= 4 is 16.1 Å². The Bertz CT molecular complexity index is 481. The smallest absolute Gasteiger partial charge is 0.333 e. The summed E-state index contributed by atoms with van der Waals surface area (Å²) in [5.74, 6) is -0.434. The third-order valence-corrected chi connectivity index (χ3v) is 3.05. The summed E-state index contributed by atoms with van der Waals surface area (Å²) in [5, 5.41) is 2.61. The van der Waals surface area contributed by atoms with Crippen LogP contribution in [0.15, 0.2) is 17.2 Å². The molecule has 0 atom stereocenters. The fourth-order valence-corrected chi connectivity index (χ4v) is 1.78. The van der Waals surface area contributed by atoms with Crippen molar-refractivity contribution in [2.45, 2.75) is 31.1 Å². The molecule has 1 rings (SSSR count). The first-order valence-corrected chi connectivity index (χ1v) is 6.74. The molecule has 0 aromatic carbocycles. The molecule has 5 nitrogen and oxygen atoms in total. The van der Waals surface area contributed by atoms with Crippen molar-refractivity contribution in [3.63, 3.8) is 0 Å².